The number of aromatic nitrogens is 1. The van der Waals surface area contributed by atoms with E-state index in [9.17, 15) is 14.3 Å². The van der Waals surface area contributed by atoms with Gasteiger partial charge in [-0.05, 0) is 34.0 Å². The maximum absolute atomic E-state index is 14.0. The Morgan fingerprint density at radius 3 is 2.11 bits per heavy atom. The number of carbonyl (C=O) groups excluding carboxylic acids is 1. The number of carbonyl (C=O) groups is 1. The van der Waals surface area contributed by atoms with Gasteiger partial charge in [-0.3, -0.25) is 4.79 Å². The molecule has 1 aromatic heterocycles. The molecule has 0 fully saturated rings. The summed E-state index contributed by atoms with van der Waals surface area (Å²) in [5.41, 5.74) is 3.37. The van der Waals surface area contributed by atoms with E-state index in [1.807, 2.05) is 72.7 Å². The average Bonchev–Trinajstić information content (AvgIpc) is 2.77. The van der Waals surface area contributed by atoms with E-state index in [1.165, 1.54) is 17.7 Å². The zero-order valence-corrected chi connectivity index (χ0v) is 25.2. The Morgan fingerprint density at radius 1 is 0.892 bits per heavy atom. The number of benzene rings is 3. The van der Waals surface area contributed by atoms with Gasteiger partial charge in [-0.15, -0.1) is 34.9 Å². The molecule has 0 aliphatic heterocycles. The van der Waals surface area contributed by atoms with Crippen LogP contribution in [0.1, 0.15) is 52.7 Å². The monoisotopic (exact) mass is 677 g/mol. The molecule has 0 spiro atoms. The molecule has 0 aliphatic carbocycles. The van der Waals surface area contributed by atoms with Crippen LogP contribution in [0.25, 0.3) is 32.8 Å². The van der Waals surface area contributed by atoms with Crippen molar-refractivity contribution >= 4 is 27.3 Å². The third-order valence-electron chi connectivity index (χ3n) is 5.93. The first-order valence-corrected chi connectivity index (χ1v) is 12.1. The number of aryl methyl sites for hydroxylation is 2. The minimum Gasteiger partial charge on any atom is -0.512 e. The molecule has 0 bridgehead atoms. The summed E-state index contributed by atoms with van der Waals surface area (Å²) in [6.07, 6.45) is 3.12. The first-order valence-electron chi connectivity index (χ1n) is 12.1. The van der Waals surface area contributed by atoms with Gasteiger partial charge in [0.2, 0.25) is 0 Å². The number of hydrogen-bond donors (Lipinski definition) is 1. The summed E-state index contributed by atoms with van der Waals surface area (Å²) in [5, 5.41) is 13.1. The second kappa shape index (κ2) is 11.7. The topological polar surface area (TPSA) is 50.2 Å². The van der Waals surface area contributed by atoms with Crippen LogP contribution in [0.5, 0.6) is 0 Å². The molecular weight excluding hydrogens is 642 g/mol. The van der Waals surface area contributed by atoms with Crippen LogP contribution >= 0.6 is 0 Å². The Labute approximate surface area is 233 Å². The predicted molar refractivity (Wildman–Crippen MR) is 148 cm³/mol. The second-order valence-corrected chi connectivity index (χ2v) is 11.3. The summed E-state index contributed by atoms with van der Waals surface area (Å²) in [5.74, 6) is -0.0897. The van der Waals surface area contributed by atoms with Crippen molar-refractivity contribution in [2.24, 2.45) is 10.8 Å². The van der Waals surface area contributed by atoms with Crippen molar-refractivity contribution in [3.8, 4) is 11.3 Å². The first kappa shape index (κ1) is 30.3. The molecule has 0 saturated carbocycles. The number of hydrogen-bond acceptors (Lipinski definition) is 3. The van der Waals surface area contributed by atoms with E-state index in [1.54, 1.807) is 12.3 Å². The first-order chi connectivity index (χ1) is 16.7. The molecule has 197 valence electrons. The van der Waals surface area contributed by atoms with Gasteiger partial charge in [0.1, 0.15) is 11.6 Å². The van der Waals surface area contributed by atoms with Crippen LogP contribution in [0.3, 0.4) is 0 Å². The summed E-state index contributed by atoms with van der Waals surface area (Å²) in [6, 6.07) is 18.5. The summed E-state index contributed by atoms with van der Waals surface area (Å²) in [7, 11) is 0. The quantitative estimate of drug-likeness (QED) is 0.100. The van der Waals surface area contributed by atoms with Gasteiger partial charge in [0.15, 0.2) is 5.78 Å². The van der Waals surface area contributed by atoms with Crippen LogP contribution in [-0.4, -0.2) is 15.9 Å². The van der Waals surface area contributed by atoms with E-state index in [0.717, 1.165) is 33.0 Å². The van der Waals surface area contributed by atoms with Crippen LogP contribution in [0.15, 0.2) is 66.6 Å². The van der Waals surface area contributed by atoms with Gasteiger partial charge in [0, 0.05) is 48.6 Å². The van der Waals surface area contributed by atoms with E-state index in [0.29, 0.717) is 5.39 Å². The van der Waals surface area contributed by atoms with Crippen LogP contribution < -0.4 is 0 Å². The zero-order valence-electron chi connectivity index (χ0n) is 22.8. The predicted octanol–water partition coefficient (Wildman–Crippen LogP) is 8.70. The number of nitrogens with zero attached hydrogens (tertiary/aromatic N) is 1. The standard InChI is InChI=1S/C21H15FN.C11H20O2.Ir/c1-13-10-14(2)12-15(11-13)21-19-7-6-18-16(4-3-5-20(18)22)17(19)8-9-23-21;1-10(2,3)8(12)7-9(13)11(4,5)6;/h3-11H,1-2H3;7,12H,1-6H3;/q-1;;/b;8-7-;. The number of halogens is 1. The molecule has 4 aromatic rings. The Hall–Kier alpha value is -2.88. The fourth-order valence-corrected chi connectivity index (χ4v) is 3.78. The third kappa shape index (κ3) is 7.34. The molecule has 0 aliphatic rings. The molecule has 0 unspecified atom stereocenters. The van der Waals surface area contributed by atoms with Crippen molar-refractivity contribution in [1.82, 2.24) is 4.98 Å². The SMILES string of the molecule is CC(C)(C)C(=O)/C=C(\O)C(C)(C)C.Cc1[c-]c(-c2nccc3c2ccc2c(F)cccc23)cc(C)c1.[Ir]. The molecule has 0 amide bonds. The molecule has 1 heterocycles. The van der Waals surface area contributed by atoms with Crippen LogP contribution in [0.2, 0.25) is 0 Å². The zero-order chi connectivity index (χ0) is 26.8. The summed E-state index contributed by atoms with van der Waals surface area (Å²) in [6.45, 7) is 15.2. The van der Waals surface area contributed by atoms with Crippen molar-refractivity contribution in [2.75, 3.05) is 0 Å². The summed E-state index contributed by atoms with van der Waals surface area (Å²) < 4.78 is 14.0. The summed E-state index contributed by atoms with van der Waals surface area (Å²) >= 11 is 0. The van der Waals surface area contributed by atoms with Crippen LogP contribution in [0, 0.1) is 36.6 Å². The Bertz CT molecular complexity index is 1440. The second-order valence-electron chi connectivity index (χ2n) is 11.3. The van der Waals surface area contributed by atoms with Crippen molar-refractivity contribution in [3.05, 3.63) is 89.6 Å². The van der Waals surface area contributed by atoms with Gasteiger partial charge in [0.25, 0.3) is 0 Å². The van der Waals surface area contributed by atoms with Crippen molar-refractivity contribution in [1.29, 1.82) is 0 Å². The Kier molecular flexibility index (Phi) is 9.57. The number of fused-ring (bicyclic) bond motifs is 3. The molecule has 5 heteroatoms. The summed E-state index contributed by atoms with van der Waals surface area (Å²) in [4.78, 5) is 16.0. The molecule has 0 saturated heterocycles. The molecule has 3 nitrogen and oxygen atoms in total. The number of pyridine rings is 1. The Balaban J connectivity index is 0.000000299. The van der Waals surface area contributed by atoms with E-state index in [2.05, 4.69) is 30.1 Å². The van der Waals surface area contributed by atoms with Gasteiger partial charge in [-0.2, -0.15) is 0 Å². The normalized spacial score (nSPS) is 12.1. The van der Waals surface area contributed by atoms with E-state index in [-0.39, 0.29) is 42.9 Å². The number of rotatable bonds is 2. The molecular formula is C32H35FIrNO2-. The van der Waals surface area contributed by atoms with Crippen molar-refractivity contribution in [2.45, 2.75) is 55.4 Å². The van der Waals surface area contributed by atoms with Crippen molar-refractivity contribution in [3.63, 3.8) is 0 Å². The van der Waals surface area contributed by atoms with E-state index < -0.39 is 5.41 Å². The number of aliphatic hydroxyl groups is 1. The third-order valence-corrected chi connectivity index (χ3v) is 5.93. The van der Waals surface area contributed by atoms with E-state index >= 15 is 0 Å². The maximum Gasteiger partial charge on any atom is 0.164 e. The number of ketones is 1. The minimum absolute atomic E-state index is 0. The van der Waals surface area contributed by atoms with Crippen LogP contribution in [-0.2, 0) is 24.9 Å². The minimum atomic E-state index is -0.417. The largest absolute Gasteiger partial charge is 0.512 e. The fourth-order valence-electron chi connectivity index (χ4n) is 3.78. The van der Waals surface area contributed by atoms with Crippen molar-refractivity contribution < 1.29 is 34.4 Å². The number of allylic oxidation sites excluding steroid dienone is 2. The van der Waals surface area contributed by atoms with E-state index in [4.69, 9.17) is 0 Å². The number of aliphatic hydroxyl groups excluding tert-OH is 1. The maximum atomic E-state index is 14.0. The molecule has 1 radical (unpaired) electrons. The molecule has 1 N–H and O–H groups in total. The Morgan fingerprint density at radius 2 is 1.51 bits per heavy atom. The van der Waals surface area contributed by atoms with Gasteiger partial charge < -0.3 is 10.1 Å². The van der Waals surface area contributed by atoms with Gasteiger partial charge in [-0.25, -0.2) is 4.39 Å². The fraction of sp³-hybridized carbons (Fsp3) is 0.312. The molecule has 4 rings (SSSR count). The molecule has 37 heavy (non-hydrogen) atoms. The van der Waals surface area contributed by atoms with Gasteiger partial charge in [-0.1, -0.05) is 79.7 Å². The smallest absolute Gasteiger partial charge is 0.164 e. The van der Waals surface area contributed by atoms with Gasteiger partial charge in [0.05, 0.1) is 0 Å². The molecule has 0 atom stereocenters. The average molecular weight is 677 g/mol. The van der Waals surface area contributed by atoms with Crippen LogP contribution in [0.4, 0.5) is 4.39 Å². The van der Waals surface area contributed by atoms with Gasteiger partial charge >= 0.3 is 0 Å². The molecule has 3 aromatic carbocycles.